The third kappa shape index (κ3) is 8.21. The lowest BCUT2D eigenvalue weighted by molar-refractivity contribution is -0.384. The van der Waals surface area contributed by atoms with Crippen molar-refractivity contribution in [1.29, 1.82) is 0 Å². The van der Waals surface area contributed by atoms with Gasteiger partial charge in [0.25, 0.3) is 17.5 Å². The molecule has 3 amide bonds. The number of allylic oxidation sites excluding steroid dienone is 4. The number of carbonyl (C=O) groups is 3. The van der Waals surface area contributed by atoms with Gasteiger partial charge in [0.15, 0.2) is 5.17 Å². The Kier molecular flexibility index (Phi) is 11.2. The Hall–Kier alpha value is -5.78. The molecule has 1 aliphatic rings. The molecule has 0 spiro atoms. The van der Waals surface area contributed by atoms with Crippen LogP contribution in [0.3, 0.4) is 0 Å². The first-order valence-electron chi connectivity index (χ1n) is 14.9. The zero-order valence-electron chi connectivity index (χ0n) is 26.1. The quantitative estimate of drug-likeness (QED) is 0.0555. The fourth-order valence-corrected chi connectivity index (χ4v) is 5.92. The second-order valence-corrected chi connectivity index (χ2v) is 11.8. The molecule has 1 aliphatic heterocycles. The van der Waals surface area contributed by atoms with Crippen LogP contribution in [-0.2, 0) is 14.4 Å². The molecule has 0 saturated heterocycles. The zero-order chi connectivity index (χ0) is 34.9. The molecular weight excluding hydrogens is 664 g/mol. The van der Waals surface area contributed by atoms with Gasteiger partial charge in [0.1, 0.15) is 22.1 Å². The van der Waals surface area contributed by atoms with Crippen molar-refractivity contribution in [2.75, 3.05) is 5.75 Å². The molecule has 1 aromatic heterocycles. The predicted octanol–water partition coefficient (Wildman–Crippen LogP) is 7.90. The fraction of sp³-hybridized carbons (Fsp3) is 0.0811. The van der Waals surface area contributed by atoms with Crippen molar-refractivity contribution < 1.29 is 23.7 Å². The lowest BCUT2D eigenvalue weighted by atomic mass is 9.99. The summed E-state index contributed by atoms with van der Waals surface area (Å²) >= 11 is 6.89. The van der Waals surface area contributed by atoms with Gasteiger partial charge in [0, 0.05) is 17.3 Å². The van der Waals surface area contributed by atoms with Gasteiger partial charge in [-0.25, -0.2) is 0 Å². The van der Waals surface area contributed by atoms with Crippen molar-refractivity contribution >= 4 is 58.0 Å². The van der Waals surface area contributed by atoms with E-state index >= 15 is 0 Å². The van der Waals surface area contributed by atoms with E-state index in [-0.39, 0.29) is 44.6 Å². The molecule has 12 heteroatoms. The van der Waals surface area contributed by atoms with E-state index in [0.29, 0.717) is 11.3 Å². The summed E-state index contributed by atoms with van der Waals surface area (Å²) in [6.45, 7) is 5.41. The second kappa shape index (κ2) is 15.9. The summed E-state index contributed by atoms with van der Waals surface area (Å²) in [5.74, 6) is -1.57. The molecule has 49 heavy (non-hydrogen) atoms. The maximum Gasteiger partial charge on any atom is 0.288 e. The monoisotopic (exact) mass is 692 g/mol. The number of halogens is 1. The van der Waals surface area contributed by atoms with Crippen LogP contribution < -0.4 is 5.32 Å². The maximum absolute atomic E-state index is 14.0. The Morgan fingerprint density at radius 1 is 1.06 bits per heavy atom. The van der Waals surface area contributed by atoms with Crippen LogP contribution in [0.4, 0.5) is 5.69 Å². The van der Waals surface area contributed by atoms with Crippen molar-refractivity contribution in [3.63, 3.8) is 0 Å². The molecule has 4 aromatic rings. The van der Waals surface area contributed by atoms with Crippen LogP contribution in [0.15, 0.2) is 143 Å². The van der Waals surface area contributed by atoms with Crippen molar-refractivity contribution in [3.05, 3.63) is 165 Å². The fourth-order valence-electron chi connectivity index (χ4n) is 4.93. The molecule has 0 atom stereocenters. The van der Waals surface area contributed by atoms with Crippen LogP contribution in [0.2, 0.25) is 5.02 Å². The Morgan fingerprint density at radius 3 is 2.35 bits per heavy atom. The SMILES string of the molecule is C=C/C=C\C(=C/C)N1C(=O)/C(=C\c2ccc(-c3ccc(Cl)c([N+](=O)[O-])c3)o2)C(=O)N=C1SCC(=O)NC(c1ccccc1)c1ccccc1. The van der Waals surface area contributed by atoms with E-state index in [1.54, 1.807) is 37.3 Å². The molecule has 1 N–H and O–H groups in total. The molecule has 10 nitrogen and oxygen atoms in total. The first-order chi connectivity index (χ1) is 23.7. The van der Waals surface area contributed by atoms with E-state index in [4.69, 9.17) is 16.0 Å². The number of nitro groups is 1. The highest BCUT2D eigenvalue weighted by molar-refractivity contribution is 8.14. The number of rotatable bonds is 11. The Balaban J connectivity index is 1.41. The first-order valence-corrected chi connectivity index (χ1v) is 16.3. The predicted molar refractivity (Wildman–Crippen MR) is 191 cm³/mol. The number of hydrogen-bond donors (Lipinski definition) is 1. The van der Waals surface area contributed by atoms with Crippen LogP contribution >= 0.6 is 23.4 Å². The molecule has 246 valence electrons. The van der Waals surface area contributed by atoms with Crippen LogP contribution in [0.5, 0.6) is 0 Å². The van der Waals surface area contributed by atoms with E-state index in [2.05, 4.69) is 16.9 Å². The largest absolute Gasteiger partial charge is 0.457 e. The first kappa shape index (κ1) is 34.6. The number of amidine groups is 1. The lowest BCUT2D eigenvalue weighted by Crippen LogP contribution is -2.42. The van der Waals surface area contributed by atoms with E-state index in [9.17, 15) is 24.5 Å². The minimum atomic E-state index is -0.821. The Morgan fingerprint density at radius 2 is 1.73 bits per heavy atom. The third-order valence-corrected chi connectivity index (χ3v) is 8.51. The molecule has 3 aromatic carbocycles. The Bertz CT molecular complexity index is 2000. The number of amides is 3. The van der Waals surface area contributed by atoms with E-state index in [1.165, 1.54) is 35.3 Å². The highest BCUT2D eigenvalue weighted by Crippen LogP contribution is 2.33. The van der Waals surface area contributed by atoms with Gasteiger partial charge < -0.3 is 9.73 Å². The van der Waals surface area contributed by atoms with Gasteiger partial charge in [-0.15, -0.1) is 0 Å². The standard InChI is InChI=1S/C37H29ClN4O6S/c1-3-5-16-27(4-2)41-36(45)29(22-28-18-20-32(48-28)26-17-19-30(38)31(21-26)42(46)47)35(44)40-37(41)49-23-33(43)39-34(24-12-8-6-9-13-24)25-14-10-7-11-15-25/h3-22,34H,1,23H2,2H3,(H,39,43)/b16-5-,27-4+,29-22-. The van der Waals surface area contributed by atoms with E-state index < -0.39 is 22.8 Å². The summed E-state index contributed by atoms with van der Waals surface area (Å²) in [4.78, 5) is 56.8. The highest BCUT2D eigenvalue weighted by atomic mass is 35.5. The summed E-state index contributed by atoms with van der Waals surface area (Å²) in [7, 11) is 0. The number of thioether (sulfide) groups is 1. The van der Waals surface area contributed by atoms with E-state index in [0.717, 1.165) is 22.9 Å². The van der Waals surface area contributed by atoms with Crippen LogP contribution in [0.25, 0.3) is 17.4 Å². The number of benzene rings is 3. The Labute approximate surface area is 291 Å². The number of carbonyl (C=O) groups excluding carboxylic acids is 3. The van der Waals surface area contributed by atoms with E-state index in [1.807, 2.05) is 60.7 Å². The van der Waals surface area contributed by atoms with Crippen molar-refractivity contribution in [2.24, 2.45) is 4.99 Å². The van der Waals surface area contributed by atoms with Crippen LogP contribution in [0.1, 0.15) is 29.9 Å². The molecular formula is C37H29ClN4O6S. The third-order valence-electron chi connectivity index (χ3n) is 7.25. The number of hydrogen-bond acceptors (Lipinski definition) is 7. The normalized spacial score (nSPS) is 14.4. The number of nitro benzene ring substituents is 1. The van der Waals surface area contributed by atoms with Gasteiger partial charge in [0.2, 0.25) is 5.91 Å². The molecule has 0 saturated carbocycles. The van der Waals surface area contributed by atoms with Gasteiger partial charge in [-0.05, 0) is 54.5 Å². The van der Waals surface area contributed by atoms with Crippen LogP contribution in [-0.4, -0.2) is 38.5 Å². The average molecular weight is 693 g/mol. The summed E-state index contributed by atoms with van der Waals surface area (Å²) in [5.41, 5.74) is 1.99. The van der Waals surface area contributed by atoms with Gasteiger partial charge in [-0.2, -0.15) is 4.99 Å². The van der Waals surface area contributed by atoms with Crippen LogP contribution in [0, 0.1) is 10.1 Å². The lowest BCUT2D eigenvalue weighted by Gasteiger charge is -2.28. The zero-order valence-corrected chi connectivity index (χ0v) is 27.7. The molecule has 0 bridgehead atoms. The maximum atomic E-state index is 14.0. The number of aliphatic imine (C=N–C) groups is 1. The summed E-state index contributed by atoms with van der Waals surface area (Å²) in [5, 5.41) is 14.4. The van der Waals surface area contributed by atoms with Crippen molar-refractivity contribution in [3.8, 4) is 11.3 Å². The highest BCUT2D eigenvalue weighted by Gasteiger charge is 2.35. The number of nitrogens with zero attached hydrogens (tertiary/aromatic N) is 3. The van der Waals surface area contributed by atoms with Gasteiger partial charge in [0.05, 0.1) is 16.7 Å². The molecule has 0 unspecified atom stereocenters. The smallest absolute Gasteiger partial charge is 0.288 e. The summed E-state index contributed by atoms with van der Waals surface area (Å²) < 4.78 is 5.83. The molecule has 2 heterocycles. The molecule has 0 aliphatic carbocycles. The second-order valence-electron chi connectivity index (χ2n) is 10.4. The van der Waals surface area contributed by atoms with Crippen molar-refractivity contribution in [1.82, 2.24) is 10.2 Å². The van der Waals surface area contributed by atoms with Gasteiger partial charge in [-0.3, -0.25) is 29.4 Å². The van der Waals surface area contributed by atoms with Crippen molar-refractivity contribution in [2.45, 2.75) is 13.0 Å². The summed E-state index contributed by atoms with van der Waals surface area (Å²) in [6.07, 6.45) is 7.73. The molecule has 0 fully saturated rings. The van der Waals surface area contributed by atoms with Gasteiger partial charge in [-0.1, -0.05) is 109 Å². The minimum absolute atomic E-state index is 0.0219. The molecule has 0 radical (unpaired) electrons. The number of nitrogens with one attached hydrogen (secondary N) is 1. The average Bonchev–Trinajstić information content (AvgIpc) is 3.58. The van der Waals surface area contributed by atoms with Gasteiger partial charge >= 0.3 is 0 Å². The number of furan rings is 1. The minimum Gasteiger partial charge on any atom is -0.457 e. The molecule has 5 rings (SSSR count). The summed E-state index contributed by atoms with van der Waals surface area (Å²) in [6, 6.07) is 25.9. The topological polar surface area (TPSA) is 135 Å².